The molecule has 2 aromatic rings. The molecule has 0 unspecified atom stereocenters. The van der Waals surface area contributed by atoms with Crippen LogP contribution < -0.4 is 5.73 Å². The molecule has 2 heterocycles. The van der Waals surface area contributed by atoms with E-state index in [9.17, 15) is 0 Å². The summed E-state index contributed by atoms with van der Waals surface area (Å²) in [6.45, 7) is 10.2. The second-order valence-electron chi connectivity index (χ2n) is 4.77. The van der Waals surface area contributed by atoms with Crippen molar-refractivity contribution in [2.45, 2.75) is 40.5 Å². The number of nitrogens with zero attached hydrogens (tertiary/aromatic N) is 1. The maximum Gasteiger partial charge on any atom is 0.149 e. The first-order valence-corrected chi connectivity index (χ1v) is 5.84. The Hall–Kier alpha value is -1.71. The fourth-order valence-corrected chi connectivity index (χ4v) is 2.30. The highest BCUT2D eigenvalue weighted by molar-refractivity contribution is 5.73. The maximum atomic E-state index is 5.91. The molecule has 0 fully saturated rings. The van der Waals surface area contributed by atoms with Gasteiger partial charge in [0.1, 0.15) is 17.3 Å². The largest absolute Gasteiger partial charge is 0.466 e. The van der Waals surface area contributed by atoms with Gasteiger partial charge in [0.25, 0.3) is 0 Å². The number of hydrogen-bond donors (Lipinski definition) is 2. The van der Waals surface area contributed by atoms with E-state index >= 15 is 0 Å². The Kier molecular flexibility index (Phi) is 2.73. The molecule has 0 atom stereocenters. The summed E-state index contributed by atoms with van der Waals surface area (Å²) in [4.78, 5) is 0. The first kappa shape index (κ1) is 11.8. The minimum absolute atomic E-state index is 0.331. The summed E-state index contributed by atoms with van der Waals surface area (Å²) in [6.07, 6.45) is 0. The Morgan fingerprint density at radius 2 is 1.82 bits per heavy atom. The predicted molar refractivity (Wildman–Crippen MR) is 69.0 cm³/mol. The van der Waals surface area contributed by atoms with Crippen LogP contribution in [0.4, 0.5) is 5.82 Å². The number of rotatable bonds is 2. The van der Waals surface area contributed by atoms with Gasteiger partial charge in [0.05, 0.1) is 5.69 Å². The third-order valence-corrected chi connectivity index (χ3v) is 3.22. The second-order valence-corrected chi connectivity index (χ2v) is 4.77. The summed E-state index contributed by atoms with van der Waals surface area (Å²) >= 11 is 0. The molecule has 0 amide bonds. The van der Waals surface area contributed by atoms with Crippen molar-refractivity contribution in [1.29, 1.82) is 0 Å². The summed E-state index contributed by atoms with van der Waals surface area (Å²) in [5, 5.41) is 7.15. The fraction of sp³-hybridized carbons (Fsp3) is 0.462. The van der Waals surface area contributed by atoms with Crippen LogP contribution in [0.2, 0.25) is 0 Å². The lowest BCUT2D eigenvalue weighted by Crippen LogP contribution is -1.96. The van der Waals surface area contributed by atoms with Gasteiger partial charge in [-0.1, -0.05) is 13.8 Å². The summed E-state index contributed by atoms with van der Waals surface area (Å²) in [5.41, 5.74) is 10.2. The Bertz CT molecular complexity index is 549. The van der Waals surface area contributed by atoms with Crippen LogP contribution in [0, 0.1) is 20.8 Å². The van der Waals surface area contributed by atoms with Crippen LogP contribution >= 0.6 is 0 Å². The molecular weight excluding hydrogens is 214 g/mol. The van der Waals surface area contributed by atoms with Crippen LogP contribution in [0.25, 0.3) is 11.3 Å². The smallest absolute Gasteiger partial charge is 0.149 e. The molecule has 4 heteroatoms. The van der Waals surface area contributed by atoms with Gasteiger partial charge in [-0.25, -0.2) is 0 Å². The van der Waals surface area contributed by atoms with Crippen molar-refractivity contribution in [2.75, 3.05) is 5.73 Å². The molecule has 0 aromatic carbocycles. The third kappa shape index (κ3) is 1.73. The van der Waals surface area contributed by atoms with E-state index < -0.39 is 0 Å². The van der Waals surface area contributed by atoms with Gasteiger partial charge in [-0.15, -0.1) is 0 Å². The van der Waals surface area contributed by atoms with Crippen LogP contribution in [0.3, 0.4) is 0 Å². The molecule has 4 nitrogen and oxygen atoms in total. The lowest BCUT2D eigenvalue weighted by molar-refractivity contribution is 0.503. The highest BCUT2D eigenvalue weighted by Crippen LogP contribution is 2.37. The van der Waals surface area contributed by atoms with Crippen molar-refractivity contribution in [1.82, 2.24) is 10.2 Å². The van der Waals surface area contributed by atoms with Crippen molar-refractivity contribution >= 4 is 5.82 Å². The number of furan rings is 1. The summed E-state index contributed by atoms with van der Waals surface area (Å²) in [7, 11) is 0. The molecule has 0 saturated carbocycles. The van der Waals surface area contributed by atoms with Crippen LogP contribution in [0.1, 0.15) is 42.4 Å². The Balaban J connectivity index is 2.69. The van der Waals surface area contributed by atoms with Gasteiger partial charge in [-0.3, -0.25) is 5.10 Å². The predicted octanol–water partition coefficient (Wildman–Crippen LogP) is 3.30. The van der Waals surface area contributed by atoms with Crippen LogP contribution in [0.5, 0.6) is 0 Å². The molecule has 0 radical (unpaired) electrons. The average molecular weight is 233 g/mol. The topological polar surface area (TPSA) is 67.8 Å². The van der Waals surface area contributed by atoms with E-state index in [1.165, 1.54) is 0 Å². The normalized spacial score (nSPS) is 11.4. The number of nitrogens with one attached hydrogen (secondary N) is 1. The molecule has 0 saturated heterocycles. The van der Waals surface area contributed by atoms with Crippen LogP contribution in [0.15, 0.2) is 4.42 Å². The SMILES string of the molecule is Cc1oc(C)c(-c2[nH]nc(N)c2C(C)C)c1C. The van der Waals surface area contributed by atoms with Gasteiger partial charge in [0.15, 0.2) is 0 Å². The van der Waals surface area contributed by atoms with Gasteiger partial charge in [0, 0.05) is 11.1 Å². The van der Waals surface area contributed by atoms with Gasteiger partial charge in [-0.05, 0) is 32.3 Å². The average Bonchev–Trinajstić information content (AvgIpc) is 2.70. The Morgan fingerprint density at radius 3 is 2.29 bits per heavy atom. The first-order chi connectivity index (χ1) is 7.93. The van der Waals surface area contributed by atoms with E-state index in [-0.39, 0.29) is 0 Å². The molecular formula is C13H19N3O. The zero-order valence-corrected chi connectivity index (χ0v) is 11.0. The van der Waals surface area contributed by atoms with Gasteiger partial charge in [0.2, 0.25) is 0 Å². The highest BCUT2D eigenvalue weighted by atomic mass is 16.3. The standard InChI is InChI=1S/C13H19N3O/c1-6(2)10-12(15-16-13(10)14)11-7(3)8(4)17-9(11)5/h6H,1-5H3,(H3,14,15,16). The molecule has 0 spiro atoms. The fourth-order valence-electron chi connectivity index (χ4n) is 2.30. The van der Waals surface area contributed by atoms with Crippen LogP contribution in [-0.4, -0.2) is 10.2 Å². The van der Waals surface area contributed by atoms with E-state index in [1.807, 2.05) is 13.8 Å². The van der Waals surface area contributed by atoms with Crippen molar-refractivity contribution in [3.63, 3.8) is 0 Å². The molecule has 0 aliphatic rings. The second kappa shape index (κ2) is 3.95. The quantitative estimate of drug-likeness (QED) is 0.836. The maximum absolute atomic E-state index is 5.91. The molecule has 3 N–H and O–H groups in total. The molecule has 0 bridgehead atoms. The van der Waals surface area contributed by atoms with Crippen molar-refractivity contribution in [3.05, 3.63) is 22.6 Å². The number of aryl methyl sites for hydroxylation is 2. The van der Waals surface area contributed by atoms with E-state index in [0.29, 0.717) is 11.7 Å². The van der Waals surface area contributed by atoms with Crippen molar-refractivity contribution in [2.24, 2.45) is 0 Å². The Labute approximate surface area is 101 Å². The number of H-pyrrole nitrogens is 1. The summed E-state index contributed by atoms with van der Waals surface area (Å²) < 4.78 is 5.66. The van der Waals surface area contributed by atoms with E-state index in [4.69, 9.17) is 10.2 Å². The molecule has 17 heavy (non-hydrogen) atoms. The molecule has 92 valence electrons. The molecule has 2 rings (SSSR count). The summed E-state index contributed by atoms with van der Waals surface area (Å²) in [6, 6.07) is 0. The summed E-state index contributed by atoms with van der Waals surface area (Å²) in [5.74, 6) is 2.76. The van der Waals surface area contributed by atoms with Crippen molar-refractivity contribution < 1.29 is 4.42 Å². The lowest BCUT2D eigenvalue weighted by atomic mass is 9.96. The minimum atomic E-state index is 0.331. The van der Waals surface area contributed by atoms with Gasteiger partial charge < -0.3 is 10.2 Å². The van der Waals surface area contributed by atoms with Crippen molar-refractivity contribution in [3.8, 4) is 11.3 Å². The monoisotopic (exact) mass is 233 g/mol. The molecule has 0 aliphatic heterocycles. The first-order valence-electron chi connectivity index (χ1n) is 5.84. The van der Waals surface area contributed by atoms with E-state index in [0.717, 1.165) is 33.9 Å². The highest BCUT2D eigenvalue weighted by Gasteiger charge is 2.21. The molecule has 0 aliphatic carbocycles. The number of anilines is 1. The number of nitrogen functional groups attached to an aromatic ring is 1. The van der Waals surface area contributed by atoms with Gasteiger partial charge >= 0.3 is 0 Å². The number of nitrogens with two attached hydrogens (primary N) is 1. The lowest BCUT2D eigenvalue weighted by Gasteiger charge is -2.07. The van der Waals surface area contributed by atoms with Crippen LogP contribution in [-0.2, 0) is 0 Å². The third-order valence-electron chi connectivity index (χ3n) is 3.22. The number of aromatic nitrogens is 2. The number of aromatic amines is 1. The number of hydrogen-bond acceptors (Lipinski definition) is 3. The zero-order chi connectivity index (χ0) is 12.7. The van der Waals surface area contributed by atoms with E-state index in [1.54, 1.807) is 0 Å². The Morgan fingerprint density at radius 1 is 1.18 bits per heavy atom. The minimum Gasteiger partial charge on any atom is -0.466 e. The molecule has 2 aromatic heterocycles. The van der Waals surface area contributed by atoms with E-state index in [2.05, 4.69) is 31.0 Å². The van der Waals surface area contributed by atoms with Gasteiger partial charge in [-0.2, -0.15) is 5.10 Å². The zero-order valence-electron chi connectivity index (χ0n) is 11.0.